The zero-order valence-corrected chi connectivity index (χ0v) is 20.6. The second-order valence-electron chi connectivity index (χ2n) is 9.44. The Hall–Kier alpha value is -2.60. The van der Waals surface area contributed by atoms with Crippen LogP contribution in [0.3, 0.4) is 0 Å². The Balaban J connectivity index is 1.38. The number of anilines is 1. The van der Waals surface area contributed by atoms with Gasteiger partial charge in [0.2, 0.25) is 10.0 Å². The molecule has 1 aliphatic carbocycles. The van der Waals surface area contributed by atoms with Gasteiger partial charge in [0.05, 0.1) is 23.4 Å². The van der Waals surface area contributed by atoms with Crippen LogP contribution in [0.25, 0.3) is 0 Å². The van der Waals surface area contributed by atoms with E-state index in [0.29, 0.717) is 31.7 Å². The summed E-state index contributed by atoms with van der Waals surface area (Å²) in [4.78, 5) is 11.2. The van der Waals surface area contributed by atoms with Gasteiger partial charge < -0.3 is 9.84 Å². The van der Waals surface area contributed by atoms with Gasteiger partial charge in [-0.2, -0.15) is 18.3 Å². The van der Waals surface area contributed by atoms with Crippen molar-refractivity contribution in [3.63, 3.8) is 0 Å². The maximum atomic E-state index is 13.3. The van der Waals surface area contributed by atoms with Gasteiger partial charge in [0.1, 0.15) is 11.9 Å². The number of halogens is 3. The third-order valence-corrected chi connectivity index (χ3v) is 9.38. The van der Waals surface area contributed by atoms with E-state index >= 15 is 0 Å². The van der Waals surface area contributed by atoms with Crippen LogP contribution in [0.2, 0.25) is 0 Å². The molecule has 198 valence electrons. The number of nitrogens with zero attached hydrogens (tertiary/aromatic N) is 3. The first kappa shape index (κ1) is 26.5. The summed E-state index contributed by atoms with van der Waals surface area (Å²) in [5.41, 5.74) is -1.30. The molecule has 1 aromatic carbocycles. The Morgan fingerprint density at radius 1 is 1.08 bits per heavy atom. The van der Waals surface area contributed by atoms with Crippen LogP contribution in [-0.2, 0) is 14.8 Å². The lowest BCUT2D eigenvalue weighted by atomic mass is 10.0. The minimum Gasteiger partial charge on any atom is -0.490 e. The van der Waals surface area contributed by atoms with E-state index in [4.69, 9.17) is 9.84 Å². The highest BCUT2D eigenvalue weighted by Gasteiger charge is 2.46. The van der Waals surface area contributed by atoms with E-state index in [-0.39, 0.29) is 22.6 Å². The van der Waals surface area contributed by atoms with Crippen molar-refractivity contribution in [2.45, 2.75) is 74.9 Å². The smallest absolute Gasteiger partial charge is 0.435 e. The molecule has 1 atom stereocenters. The molecule has 0 spiro atoms. The van der Waals surface area contributed by atoms with Crippen LogP contribution in [-0.4, -0.2) is 66.2 Å². The average Bonchev–Trinajstić information content (AvgIpc) is 3.16. The molecule has 12 heteroatoms. The second-order valence-corrected chi connectivity index (χ2v) is 11.7. The molecule has 36 heavy (non-hydrogen) atoms. The van der Waals surface area contributed by atoms with E-state index in [2.05, 4.69) is 11.7 Å². The lowest BCUT2D eigenvalue weighted by Crippen LogP contribution is -2.46. The molecule has 1 aromatic rings. The lowest BCUT2D eigenvalue weighted by molar-refractivity contribution is -0.137. The van der Waals surface area contributed by atoms with E-state index < -0.39 is 40.3 Å². The van der Waals surface area contributed by atoms with Crippen molar-refractivity contribution in [2.24, 2.45) is 5.10 Å². The van der Waals surface area contributed by atoms with E-state index in [1.54, 1.807) is 16.4 Å². The van der Waals surface area contributed by atoms with Crippen molar-refractivity contribution in [1.82, 2.24) is 4.31 Å². The van der Waals surface area contributed by atoms with E-state index in [1.165, 1.54) is 12.1 Å². The highest BCUT2D eigenvalue weighted by atomic mass is 32.2. The molecule has 3 aliphatic rings. The number of ether oxygens (including phenoxy) is 1. The monoisotopic (exact) mass is 529 g/mol. The van der Waals surface area contributed by atoms with Crippen molar-refractivity contribution in [2.75, 3.05) is 18.1 Å². The SMILES string of the molecule is C=C1C(C(F)(F)F)=NN(c2ccc(OC3CCN(S(=O)(=O)C4CCCCC4)CC3)cc2)[C@H]1CC(=O)O. The zero-order chi connectivity index (χ0) is 26.1. The van der Waals surface area contributed by atoms with Crippen LogP contribution in [0, 0.1) is 0 Å². The van der Waals surface area contributed by atoms with Gasteiger partial charge in [0.15, 0.2) is 5.71 Å². The van der Waals surface area contributed by atoms with Crippen LogP contribution in [0.1, 0.15) is 51.4 Å². The van der Waals surface area contributed by atoms with E-state index in [9.17, 15) is 26.4 Å². The van der Waals surface area contributed by atoms with E-state index in [0.717, 1.165) is 37.1 Å². The molecule has 0 amide bonds. The number of sulfonamides is 1. The molecule has 0 radical (unpaired) electrons. The summed E-state index contributed by atoms with van der Waals surface area (Å²) in [5, 5.41) is 13.5. The number of benzene rings is 1. The zero-order valence-electron chi connectivity index (χ0n) is 19.8. The van der Waals surface area contributed by atoms with Crippen LogP contribution < -0.4 is 9.75 Å². The maximum absolute atomic E-state index is 13.3. The van der Waals surface area contributed by atoms with Crippen LogP contribution >= 0.6 is 0 Å². The summed E-state index contributed by atoms with van der Waals surface area (Å²) in [5.74, 6) is -0.776. The lowest BCUT2D eigenvalue weighted by Gasteiger charge is -2.35. The molecule has 0 aromatic heterocycles. The van der Waals surface area contributed by atoms with Gasteiger partial charge in [0.25, 0.3) is 0 Å². The second kappa shape index (κ2) is 10.4. The Bertz CT molecular complexity index is 1110. The quantitative estimate of drug-likeness (QED) is 0.565. The first-order chi connectivity index (χ1) is 17.0. The maximum Gasteiger partial charge on any atom is 0.435 e. The Morgan fingerprint density at radius 3 is 2.25 bits per heavy atom. The van der Waals surface area contributed by atoms with Gasteiger partial charge in [-0.15, -0.1) is 0 Å². The standard InChI is InChI=1S/C24H30F3N3O5S/c1-16-21(15-22(31)32)30(28-23(16)24(25,26)27)17-7-9-18(10-8-17)35-19-11-13-29(14-12-19)36(33,34)20-5-3-2-4-6-20/h7-10,19-21H,1-6,11-15H2,(H,31,32)/t21-/m0/s1. The molecular formula is C24H30F3N3O5S. The van der Waals surface area contributed by atoms with Gasteiger partial charge in [-0.05, 0) is 49.9 Å². The number of hydrogen-bond donors (Lipinski definition) is 1. The highest BCUT2D eigenvalue weighted by molar-refractivity contribution is 7.89. The summed E-state index contributed by atoms with van der Waals surface area (Å²) in [7, 11) is -3.30. The molecule has 1 saturated carbocycles. The van der Waals surface area contributed by atoms with E-state index in [1.807, 2.05) is 0 Å². The molecule has 1 saturated heterocycles. The third kappa shape index (κ3) is 5.69. The summed E-state index contributed by atoms with van der Waals surface area (Å²) in [6.45, 7) is 4.22. The van der Waals surface area contributed by atoms with Gasteiger partial charge in [-0.1, -0.05) is 25.8 Å². The Morgan fingerprint density at radius 2 is 1.69 bits per heavy atom. The largest absolute Gasteiger partial charge is 0.490 e. The third-order valence-electron chi connectivity index (χ3n) is 6.98. The van der Waals surface area contributed by atoms with Crippen molar-refractivity contribution >= 4 is 27.4 Å². The summed E-state index contributed by atoms with van der Waals surface area (Å²) >= 11 is 0. The van der Waals surface area contributed by atoms with Crippen LogP contribution in [0.5, 0.6) is 5.75 Å². The number of aliphatic carboxylic acids is 1. The Kier molecular flexibility index (Phi) is 7.65. The number of carboxylic acids is 1. The molecule has 2 heterocycles. The molecule has 4 rings (SSSR count). The number of carboxylic acid groups (broad SMARTS) is 1. The summed E-state index contributed by atoms with van der Waals surface area (Å²) < 4.78 is 73.4. The molecule has 0 unspecified atom stereocenters. The number of hydrazone groups is 1. The summed E-state index contributed by atoms with van der Waals surface area (Å²) in [6, 6.07) is 5.05. The van der Waals surface area contributed by atoms with Crippen LogP contribution in [0.4, 0.5) is 18.9 Å². The number of hydrogen-bond acceptors (Lipinski definition) is 6. The first-order valence-corrected chi connectivity index (χ1v) is 13.6. The van der Waals surface area contributed by atoms with Gasteiger partial charge in [0, 0.05) is 18.7 Å². The normalized spacial score (nSPS) is 23.1. The molecule has 8 nitrogen and oxygen atoms in total. The van der Waals surface area contributed by atoms with Crippen molar-refractivity contribution < 1.29 is 36.2 Å². The molecule has 0 bridgehead atoms. The van der Waals surface area contributed by atoms with Gasteiger partial charge in [-0.3, -0.25) is 9.80 Å². The summed E-state index contributed by atoms with van der Waals surface area (Å²) in [6.07, 6.45) is -0.00448. The first-order valence-electron chi connectivity index (χ1n) is 12.1. The molecule has 1 N–H and O–H groups in total. The predicted octanol–water partition coefficient (Wildman–Crippen LogP) is 4.33. The van der Waals surface area contributed by atoms with Crippen molar-refractivity contribution in [3.8, 4) is 5.75 Å². The molecular weight excluding hydrogens is 499 g/mol. The minimum absolute atomic E-state index is 0.185. The number of alkyl halides is 3. The topological polar surface area (TPSA) is 99.5 Å². The minimum atomic E-state index is -4.75. The number of piperidine rings is 1. The predicted molar refractivity (Wildman–Crippen MR) is 129 cm³/mol. The van der Waals surface area contributed by atoms with Gasteiger partial charge >= 0.3 is 12.1 Å². The fourth-order valence-corrected chi connectivity index (χ4v) is 7.12. The Labute approximate surface area is 208 Å². The fourth-order valence-electron chi connectivity index (χ4n) is 5.05. The van der Waals surface area contributed by atoms with Crippen molar-refractivity contribution in [1.29, 1.82) is 0 Å². The van der Waals surface area contributed by atoms with Crippen LogP contribution in [0.15, 0.2) is 41.5 Å². The average molecular weight is 530 g/mol. The molecule has 2 aliphatic heterocycles. The molecule has 2 fully saturated rings. The number of carbonyl (C=O) groups is 1. The van der Waals surface area contributed by atoms with Crippen molar-refractivity contribution in [3.05, 3.63) is 36.4 Å². The fraction of sp³-hybridized carbons (Fsp3) is 0.583. The highest BCUT2D eigenvalue weighted by Crippen LogP contribution is 2.36. The number of rotatable bonds is 7. The van der Waals surface area contributed by atoms with Gasteiger partial charge in [-0.25, -0.2) is 12.7 Å².